The summed E-state index contributed by atoms with van der Waals surface area (Å²) in [7, 11) is 0. The quantitative estimate of drug-likeness (QED) is 0.696. The van der Waals surface area contributed by atoms with Gasteiger partial charge in [0.25, 0.3) is 0 Å². The van der Waals surface area contributed by atoms with Crippen LogP contribution in [0.15, 0.2) is 54.6 Å². The zero-order chi connectivity index (χ0) is 20.4. The monoisotopic (exact) mass is 393 g/mol. The van der Waals surface area contributed by atoms with E-state index >= 15 is 0 Å². The third-order valence-corrected chi connectivity index (χ3v) is 5.42. The number of hydrogen-bond donors (Lipinski definition) is 1. The molecular weight excluding hydrogens is 370 g/mol. The zero-order valence-corrected chi connectivity index (χ0v) is 16.2. The SMILES string of the molecule is C[C@@H]1CN(C(=O)Cn2c(COc3ccccc3)nc3ccccc32)C[C@H]1C(=O)O. The average molecular weight is 393 g/mol. The maximum atomic E-state index is 12.9. The first-order chi connectivity index (χ1) is 14.0. The van der Waals surface area contributed by atoms with E-state index in [9.17, 15) is 14.7 Å². The third-order valence-electron chi connectivity index (χ3n) is 5.42. The molecule has 1 fully saturated rings. The maximum absolute atomic E-state index is 12.9. The van der Waals surface area contributed by atoms with Crippen LogP contribution >= 0.6 is 0 Å². The fourth-order valence-electron chi connectivity index (χ4n) is 3.80. The second-order valence-electron chi connectivity index (χ2n) is 7.43. The van der Waals surface area contributed by atoms with Gasteiger partial charge in [0.1, 0.15) is 24.7 Å². The van der Waals surface area contributed by atoms with Gasteiger partial charge in [-0.15, -0.1) is 0 Å². The predicted molar refractivity (Wildman–Crippen MR) is 107 cm³/mol. The lowest BCUT2D eigenvalue weighted by Crippen LogP contribution is -2.33. The third kappa shape index (κ3) is 3.94. The van der Waals surface area contributed by atoms with Crippen LogP contribution in [-0.2, 0) is 22.7 Å². The molecule has 7 nitrogen and oxygen atoms in total. The highest BCUT2D eigenvalue weighted by atomic mass is 16.5. The Morgan fingerprint density at radius 2 is 1.83 bits per heavy atom. The molecule has 2 atom stereocenters. The predicted octanol–water partition coefficient (Wildman–Crippen LogP) is 2.79. The number of hydrogen-bond acceptors (Lipinski definition) is 4. The number of carboxylic acid groups (broad SMARTS) is 1. The number of nitrogens with zero attached hydrogens (tertiary/aromatic N) is 3. The first-order valence-electron chi connectivity index (χ1n) is 9.65. The Morgan fingerprint density at radius 3 is 2.55 bits per heavy atom. The molecule has 2 heterocycles. The van der Waals surface area contributed by atoms with E-state index < -0.39 is 11.9 Å². The molecule has 0 aliphatic carbocycles. The molecule has 1 aromatic heterocycles. The Kier molecular flexibility index (Phi) is 5.20. The lowest BCUT2D eigenvalue weighted by molar-refractivity contribution is -0.142. The van der Waals surface area contributed by atoms with Gasteiger partial charge in [-0.2, -0.15) is 0 Å². The number of para-hydroxylation sites is 3. The number of benzene rings is 2. The van der Waals surface area contributed by atoms with Gasteiger partial charge in [-0.3, -0.25) is 9.59 Å². The Morgan fingerprint density at radius 1 is 1.10 bits per heavy atom. The molecule has 150 valence electrons. The number of carbonyl (C=O) groups excluding carboxylic acids is 1. The number of ether oxygens (including phenoxy) is 1. The summed E-state index contributed by atoms with van der Waals surface area (Å²) >= 11 is 0. The van der Waals surface area contributed by atoms with E-state index in [0.29, 0.717) is 12.4 Å². The average Bonchev–Trinajstić information content (AvgIpc) is 3.28. The molecule has 1 amide bonds. The van der Waals surface area contributed by atoms with Crippen LogP contribution in [0, 0.1) is 11.8 Å². The van der Waals surface area contributed by atoms with Crippen LogP contribution in [0.3, 0.4) is 0 Å². The first kappa shape index (κ1) is 19.0. The van der Waals surface area contributed by atoms with Crippen LogP contribution < -0.4 is 4.74 Å². The molecule has 0 radical (unpaired) electrons. The standard InChI is InChI=1S/C22H23N3O4/c1-15-11-24(12-17(15)22(27)28)21(26)13-25-19-10-6-5-9-18(19)23-20(25)14-29-16-7-3-2-4-8-16/h2-10,15,17H,11-14H2,1H3,(H,27,28)/t15-,17-/m1/s1. The highest BCUT2D eigenvalue weighted by molar-refractivity contribution is 5.82. The number of aliphatic carboxylic acids is 1. The van der Waals surface area contributed by atoms with Crippen molar-refractivity contribution >= 4 is 22.9 Å². The summed E-state index contributed by atoms with van der Waals surface area (Å²) in [4.78, 5) is 30.6. The van der Waals surface area contributed by atoms with Crippen LogP contribution in [0.25, 0.3) is 11.0 Å². The van der Waals surface area contributed by atoms with Gasteiger partial charge in [0.15, 0.2) is 0 Å². The summed E-state index contributed by atoms with van der Waals surface area (Å²) in [6.45, 7) is 2.92. The van der Waals surface area contributed by atoms with Crippen molar-refractivity contribution < 1.29 is 19.4 Å². The lowest BCUT2D eigenvalue weighted by atomic mass is 9.99. The number of fused-ring (bicyclic) bond motifs is 1. The molecule has 1 saturated heterocycles. The normalized spacial score (nSPS) is 18.9. The van der Waals surface area contributed by atoms with Crippen molar-refractivity contribution in [3.63, 3.8) is 0 Å². The Balaban J connectivity index is 1.56. The van der Waals surface area contributed by atoms with E-state index in [1.165, 1.54) is 0 Å². The lowest BCUT2D eigenvalue weighted by Gasteiger charge is -2.18. The van der Waals surface area contributed by atoms with E-state index in [1.54, 1.807) is 4.90 Å². The van der Waals surface area contributed by atoms with Gasteiger partial charge in [-0.05, 0) is 30.2 Å². The Hall–Kier alpha value is -3.35. The van der Waals surface area contributed by atoms with Gasteiger partial charge in [0.2, 0.25) is 5.91 Å². The second-order valence-corrected chi connectivity index (χ2v) is 7.43. The van der Waals surface area contributed by atoms with Crippen LogP contribution in [0.1, 0.15) is 12.7 Å². The number of rotatable bonds is 6. The topological polar surface area (TPSA) is 84.7 Å². The Labute approximate surface area is 168 Å². The van der Waals surface area contributed by atoms with Crippen molar-refractivity contribution in [2.75, 3.05) is 13.1 Å². The Bertz CT molecular complexity index is 1030. The summed E-state index contributed by atoms with van der Waals surface area (Å²) in [5.41, 5.74) is 1.65. The highest BCUT2D eigenvalue weighted by Crippen LogP contribution is 2.24. The molecule has 1 aliphatic rings. The fourth-order valence-corrected chi connectivity index (χ4v) is 3.80. The number of imidazole rings is 1. The summed E-state index contributed by atoms with van der Waals surface area (Å²) in [5, 5.41) is 9.33. The highest BCUT2D eigenvalue weighted by Gasteiger charge is 2.37. The summed E-state index contributed by atoms with van der Waals surface area (Å²) in [6, 6.07) is 17.1. The van der Waals surface area contributed by atoms with Gasteiger partial charge in [-0.25, -0.2) is 4.98 Å². The molecule has 0 unspecified atom stereocenters. The van der Waals surface area contributed by atoms with Gasteiger partial charge in [0.05, 0.1) is 17.0 Å². The first-order valence-corrected chi connectivity index (χ1v) is 9.65. The minimum absolute atomic E-state index is 0.0585. The van der Waals surface area contributed by atoms with Gasteiger partial charge in [0, 0.05) is 13.1 Å². The molecule has 29 heavy (non-hydrogen) atoms. The number of carbonyl (C=O) groups is 2. The minimum Gasteiger partial charge on any atom is -0.486 e. The van der Waals surface area contributed by atoms with Crippen molar-refractivity contribution in [1.29, 1.82) is 0 Å². The van der Waals surface area contributed by atoms with Crippen molar-refractivity contribution in [1.82, 2.24) is 14.5 Å². The molecule has 1 aliphatic heterocycles. The van der Waals surface area contributed by atoms with Crippen molar-refractivity contribution in [3.05, 3.63) is 60.4 Å². The van der Waals surface area contributed by atoms with E-state index in [1.807, 2.05) is 66.1 Å². The van der Waals surface area contributed by atoms with Crippen molar-refractivity contribution in [3.8, 4) is 5.75 Å². The van der Waals surface area contributed by atoms with Gasteiger partial charge < -0.3 is 19.3 Å². The smallest absolute Gasteiger partial charge is 0.308 e. The van der Waals surface area contributed by atoms with Gasteiger partial charge >= 0.3 is 5.97 Å². The molecule has 0 saturated carbocycles. The number of carboxylic acids is 1. The van der Waals surface area contributed by atoms with Crippen molar-refractivity contribution in [2.45, 2.75) is 20.1 Å². The summed E-state index contributed by atoms with van der Waals surface area (Å²) in [6.07, 6.45) is 0. The molecule has 2 aromatic carbocycles. The molecular formula is C22H23N3O4. The minimum atomic E-state index is -0.849. The van der Waals surface area contributed by atoms with Crippen molar-refractivity contribution in [2.24, 2.45) is 11.8 Å². The van der Waals surface area contributed by atoms with Gasteiger partial charge in [-0.1, -0.05) is 37.3 Å². The second kappa shape index (κ2) is 7.95. The molecule has 4 rings (SSSR count). The summed E-state index contributed by atoms with van der Waals surface area (Å²) < 4.78 is 7.71. The van der Waals surface area contributed by atoms with Crippen LogP contribution in [0.2, 0.25) is 0 Å². The fraction of sp³-hybridized carbons (Fsp3) is 0.318. The number of likely N-dealkylation sites (tertiary alicyclic amines) is 1. The van der Waals surface area contributed by atoms with E-state index in [2.05, 4.69) is 4.98 Å². The molecule has 3 aromatic rings. The summed E-state index contributed by atoms with van der Waals surface area (Å²) in [5.74, 6) is -0.140. The molecule has 7 heteroatoms. The van der Waals surface area contributed by atoms with E-state index in [0.717, 1.165) is 16.8 Å². The van der Waals surface area contributed by atoms with Crippen LogP contribution in [0.5, 0.6) is 5.75 Å². The molecule has 1 N–H and O–H groups in total. The van der Waals surface area contributed by atoms with Crippen LogP contribution in [-0.4, -0.2) is 44.5 Å². The molecule has 0 spiro atoms. The zero-order valence-electron chi connectivity index (χ0n) is 16.2. The maximum Gasteiger partial charge on any atom is 0.308 e. The molecule has 0 bridgehead atoms. The number of amides is 1. The largest absolute Gasteiger partial charge is 0.486 e. The van der Waals surface area contributed by atoms with Crippen LogP contribution in [0.4, 0.5) is 0 Å². The van der Waals surface area contributed by atoms with E-state index in [-0.39, 0.29) is 31.5 Å². The van der Waals surface area contributed by atoms with E-state index in [4.69, 9.17) is 4.74 Å². The number of aromatic nitrogens is 2.